The number of benzene rings is 6. The van der Waals surface area contributed by atoms with E-state index in [1.165, 1.54) is 65.7 Å². The topological polar surface area (TPSA) is 12.9 Å². The summed E-state index contributed by atoms with van der Waals surface area (Å²) in [5.74, 6) is 0. The molecule has 0 aliphatic heterocycles. The summed E-state index contributed by atoms with van der Waals surface area (Å²) >= 11 is 0. The second kappa shape index (κ2) is 8.72. The predicted molar refractivity (Wildman–Crippen MR) is 158 cm³/mol. The summed E-state index contributed by atoms with van der Waals surface area (Å²) in [5.41, 5.74) is 8.62. The number of fused-ring (bicyclic) bond motifs is 3. The molecule has 1 nitrogen and oxygen atoms in total. The molecule has 1 heterocycles. The minimum atomic E-state index is 1.13. The fourth-order valence-electron chi connectivity index (χ4n) is 5.66. The molecule has 0 unspecified atom stereocenters. The zero-order valence-electron chi connectivity index (χ0n) is 20.6. The third kappa shape index (κ3) is 3.68. The number of aryl methyl sites for hydroxylation is 1. The highest BCUT2D eigenvalue weighted by Crippen LogP contribution is 2.44. The van der Waals surface area contributed by atoms with Crippen molar-refractivity contribution in [1.82, 2.24) is 4.98 Å². The Morgan fingerprint density at radius 3 is 1.68 bits per heavy atom. The SMILES string of the molecule is Cc1ccc2ccc(-c3c4ccccc4c(-c4cccc(-c5cccnc5)c4)c4ccccc34)cc2c1. The van der Waals surface area contributed by atoms with E-state index in [2.05, 4.69) is 127 Å². The molecule has 0 N–H and O–H groups in total. The Labute approximate surface area is 216 Å². The predicted octanol–water partition coefficient (Wildman–Crippen LogP) is 9.85. The first kappa shape index (κ1) is 21.5. The van der Waals surface area contributed by atoms with Crippen molar-refractivity contribution in [2.45, 2.75) is 6.92 Å². The van der Waals surface area contributed by atoms with Crippen LogP contribution in [0.3, 0.4) is 0 Å². The summed E-state index contributed by atoms with van der Waals surface area (Å²) in [6.07, 6.45) is 3.75. The molecular formula is C36H25N. The van der Waals surface area contributed by atoms with Gasteiger partial charge in [0, 0.05) is 18.0 Å². The molecule has 1 heteroatoms. The van der Waals surface area contributed by atoms with E-state index in [0.717, 1.165) is 5.56 Å². The van der Waals surface area contributed by atoms with Gasteiger partial charge in [0.05, 0.1) is 0 Å². The van der Waals surface area contributed by atoms with Gasteiger partial charge in [-0.25, -0.2) is 0 Å². The minimum absolute atomic E-state index is 1.13. The van der Waals surface area contributed by atoms with Gasteiger partial charge in [-0.2, -0.15) is 0 Å². The van der Waals surface area contributed by atoms with Gasteiger partial charge >= 0.3 is 0 Å². The van der Waals surface area contributed by atoms with Crippen LogP contribution in [0.25, 0.3) is 65.7 Å². The van der Waals surface area contributed by atoms with E-state index < -0.39 is 0 Å². The van der Waals surface area contributed by atoms with E-state index in [9.17, 15) is 0 Å². The van der Waals surface area contributed by atoms with Crippen molar-refractivity contribution in [3.63, 3.8) is 0 Å². The van der Waals surface area contributed by atoms with Crippen LogP contribution in [0.4, 0.5) is 0 Å². The molecule has 7 rings (SSSR count). The Balaban J connectivity index is 1.55. The lowest BCUT2D eigenvalue weighted by Gasteiger charge is -2.18. The maximum absolute atomic E-state index is 4.34. The largest absolute Gasteiger partial charge is 0.264 e. The van der Waals surface area contributed by atoms with Crippen LogP contribution in [0, 0.1) is 6.92 Å². The molecule has 174 valence electrons. The lowest BCUT2D eigenvalue weighted by atomic mass is 9.85. The first-order valence-electron chi connectivity index (χ1n) is 12.7. The fraction of sp³-hybridized carbons (Fsp3) is 0.0278. The highest BCUT2D eigenvalue weighted by molar-refractivity contribution is 6.21. The molecule has 0 fully saturated rings. The van der Waals surface area contributed by atoms with Crippen molar-refractivity contribution in [2.24, 2.45) is 0 Å². The van der Waals surface area contributed by atoms with Crippen molar-refractivity contribution in [3.05, 3.63) is 139 Å². The summed E-state index contributed by atoms with van der Waals surface area (Å²) in [6, 6.07) is 44.2. The second-order valence-electron chi connectivity index (χ2n) is 9.73. The van der Waals surface area contributed by atoms with Gasteiger partial charge in [0.2, 0.25) is 0 Å². The van der Waals surface area contributed by atoms with Crippen LogP contribution in [0.1, 0.15) is 5.56 Å². The Bertz CT molecular complexity index is 1880. The average molecular weight is 472 g/mol. The number of rotatable bonds is 3. The van der Waals surface area contributed by atoms with Gasteiger partial charge in [0.15, 0.2) is 0 Å². The van der Waals surface area contributed by atoms with Gasteiger partial charge in [0.25, 0.3) is 0 Å². The van der Waals surface area contributed by atoms with Gasteiger partial charge < -0.3 is 0 Å². The molecule has 0 saturated heterocycles. The van der Waals surface area contributed by atoms with Crippen molar-refractivity contribution in [3.8, 4) is 33.4 Å². The highest BCUT2D eigenvalue weighted by Gasteiger charge is 2.17. The van der Waals surface area contributed by atoms with E-state index >= 15 is 0 Å². The highest BCUT2D eigenvalue weighted by atomic mass is 14.6. The van der Waals surface area contributed by atoms with Crippen LogP contribution in [0.5, 0.6) is 0 Å². The third-order valence-corrected chi connectivity index (χ3v) is 7.36. The monoisotopic (exact) mass is 471 g/mol. The Hall–Kier alpha value is -4.75. The van der Waals surface area contributed by atoms with E-state index in [1.807, 2.05) is 18.5 Å². The summed E-state index contributed by atoms with van der Waals surface area (Å²) in [7, 11) is 0. The van der Waals surface area contributed by atoms with Crippen molar-refractivity contribution >= 4 is 32.3 Å². The Morgan fingerprint density at radius 1 is 0.432 bits per heavy atom. The first-order valence-corrected chi connectivity index (χ1v) is 12.7. The lowest BCUT2D eigenvalue weighted by molar-refractivity contribution is 1.33. The molecule has 6 aromatic carbocycles. The van der Waals surface area contributed by atoms with Crippen molar-refractivity contribution in [2.75, 3.05) is 0 Å². The molecule has 0 radical (unpaired) electrons. The number of aromatic nitrogens is 1. The fourth-order valence-corrected chi connectivity index (χ4v) is 5.66. The number of hydrogen-bond acceptors (Lipinski definition) is 1. The van der Waals surface area contributed by atoms with Crippen LogP contribution < -0.4 is 0 Å². The Kier molecular flexibility index (Phi) is 5.08. The van der Waals surface area contributed by atoms with Crippen LogP contribution >= 0.6 is 0 Å². The molecule has 37 heavy (non-hydrogen) atoms. The van der Waals surface area contributed by atoms with Gasteiger partial charge in [-0.05, 0) is 85.3 Å². The van der Waals surface area contributed by atoms with Gasteiger partial charge in [-0.1, -0.05) is 109 Å². The molecule has 0 aliphatic carbocycles. The lowest BCUT2D eigenvalue weighted by Crippen LogP contribution is -1.91. The maximum atomic E-state index is 4.34. The average Bonchev–Trinajstić information content (AvgIpc) is 2.96. The molecular weight excluding hydrogens is 446 g/mol. The first-order chi connectivity index (χ1) is 18.3. The van der Waals surface area contributed by atoms with Gasteiger partial charge in [-0.15, -0.1) is 0 Å². The van der Waals surface area contributed by atoms with Crippen LogP contribution in [0.2, 0.25) is 0 Å². The normalized spacial score (nSPS) is 11.4. The van der Waals surface area contributed by atoms with Crippen LogP contribution in [0.15, 0.2) is 134 Å². The zero-order chi connectivity index (χ0) is 24.8. The minimum Gasteiger partial charge on any atom is -0.264 e. The number of hydrogen-bond donors (Lipinski definition) is 0. The van der Waals surface area contributed by atoms with Crippen LogP contribution in [-0.4, -0.2) is 4.98 Å². The molecule has 0 spiro atoms. The van der Waals surface area contributed by atoms with Gasteiger partial charge in [-0.3, -0.25) is 4.98 Å². The molecule has 0 aliphatic rings. The van der Waals surface area contributed by atoms with Gasteiger partial charge in [0.1, 0.15) is 0 Å². The molecule has 1 aromatic heterocycles. The Morgan fingerprint density at radius 2 is 1.03 bits per heavy atom. The van der Waals surface area contributed by atoms with Crippen molar-refractivity contribution < 1.29 is 0 Å². The standard InChI is InChI=1S/C36H25N/c1-24-15-16-25-17-18-28(22-30(25)20-24)36-33-13-4-2-11-31(33)35(32-12-3-5-14-34(32)36)27-9-6-8-26(21-27)29-10-7-19-37-23-29/h2-23H,1H3. The summed E-state index contributed by atoms with van der Waals surface area (Å²) in [4.78, 5) is 4.34. The number of pyridine rings is 1. The third-order valence-electron chi connectivity index (χ3n) is 7.36. The van der Waals surface area contributed by atoms with Crippen LogP contribution in [-0.2, 0) is 0 Å². The van der Waals surface area contributed by atoms with E-state index in [4.69, 9.17) is 0 Å². The molecule has 0 bridgehead atoms. The summed E-state index contributed by atoms with van der Waals surface area (Å²) in [5, 5.41) is 7.63. The molecule has 7 aromatic rings. The quantitative estimate of drug-likeness (QED) is 0.234. The van der Waals surface area contributed by atoms with E-state index in [1.54, 1.807) is 0 Å². The maximum Gasteiger partial charge on any atom is 0.0346 e. The molecule has 0 amide bonds. The molecule has 0 atom stereocenters. The number of nitrogens with zero attached hydrogens (tertiary/aromatic N) is 1. The summed E-state index contributed by atoms with van der Waals surface area (Å²) < 4.78 is 0. The zero-order valence-corrected chi connectivity index (χ0v) is 20.6. The smallest absolute Gasteiger partial charge is 0.0346 e. The van der Waals surface area contributed by atoms with E-state index in [0.29, 0.717) is 0 Å². The van der Waals surface area contributed by atoms with Crippen molar-refractivity contribution in [1.29, 1.82) is 0 Å². The van der Waals surface area contributed by atoms with E-state index in [-0.39, 0.29) is 0 Å². The summed E-state index contributed by atoms with van der Waals surface area (Å²) in [6.45, 7) is 2.16. The molecule has 0 saturated carbocycles. The second-order valence-corrected chi connectivity index (χ2v) is 9.73.